The van der Waals surface area contributed by atoms with Gasteiger partial charge in [0.05, 0.1) is 24.1 Å². The minimum atomic E-state index is -0.940. The molecule has 0 aliphatic carbocycles. The predicted octanol–water partition coefficient (Wildman–Crippen LogP) is 4.23. The van der Waals surface area contributed by atoms with Crippen molar-refractivity contribution in [2.45, 2.75) is 52.5 Å². The van der Waals surface area contributed by atoms with Crippen molar-refractivity contribution in [3.8, 4) is 5.75 Å². The number of carboxylic acid groups (broad SMARTS) is 1. The van der Waals surface area contributed by atoms with Gasteiger partial charge in [-0.05, 0) is 49.4 Å². The fourth-order valence-corrected chi connectivity index (χ4v) is 3.07. The third-order valence-electron chi connectivity index (χ3n) is 4.42. The van der Waals surface area contributed by atoms with Gasteiger partial charge >= 0.3 is 5.97 Å². The molecule has 0 spiro atoms. The molecule has 0 aliphatic rings. The van der Waals surface area contributed by atoms with Crippen molar-refractivity contribution in [1.29, 1.82) is 0 Å². The van der Waals surface area contributed by atoms with E-state index in [0.717, 1.165) is 31.2 Å². The van der Waals surface area contributed by atoms with Crippen molar-refractivity contribution in [3.05, 3.63) is 50.9 Å². The molecular formula is C21H28ClN3O4. The van der Waals surface area contributed by atoms with Gasteiger partial charge in [0.2, 0.25) is 0 Å². The zero-order chi connectivity index (χ0) is 21.2. The maximum atomic E-state index is 12.1. The average Bonchev–Trinajstić information content (AvgIpc) is 2.71. The number of ether oxygens (including phenoxy) is 1. The molecule has 1 aromatic heterocycles. The maximum absolute atomic E-state index is 12.1. The Labute approximate surface area is 175 Å². The van der Waals surface area contributed by atoms with Gasteiger partial charge in [-0.25, -0.2) is 9.48 Å². The summed E-state index contributed by atoms with van der Waals surface area (Å²) in [4.78, 5) is 23.3. The summed E-state index contributed by atoms with van der Waals surface area (Å²) in [6, 6.07) is 4.96. The zero-order valence-corrected chi connectivity index (χ0v) is 17.7. The first-order valence-corrected chi connectivity index (χ1v) is 10.3. The summed E-state index contributed by atoms with van der Waals surface area (Å²) in [6.07, 6.45) is 5.82. The van der Waals surface area contributed by atoms with Crippen LogP contribution in [-0.2, 0) is 13.0 Å². The molecule has 29 heavy (non-hydrogen) atoms. The molecule has 2 N–H and O–H groups in total. The minimum Gasteiger partial charge on any atom is -0.493 e. The Kier molecular flexibility index (Phi) is 8.99. The number of carbonyl (C=O) groups is 1. The first-order chi connectivity index (χ1) is 14.0. The molecule has 0 bridgehead atoms. The standard InChI is InChI=1S/C21H28ClN3O4/c1-3-5-7-15-13-16(21(27)28)8-9-18(15)29-12-6-10-23-17-14-24-25(11-4-2)20(26)19(17)22/h8-9,13-14,23H,3-7,10-12H2,1-2H3,(H,27,28). The second-order valence-corrected chi connectivity index (χ2v) is 7.14. The Morgan fingerprint density at radius 3 is 2.76 bits per heavy atom. The lowest BCUT2D eigenvalue weighted by Crippen LogP contribution is -2.24. The number of nitrogens with zero attached hydrogens (tertiary/aromatic N) is 2. The van der Waals surface area contributed by atoms with Crippen LogP contribution in [0.1, 0.15) is 55.5 Å². The highest BCUT2D eigenvalue weighted by atomic mass is 35.5. The highest BCUT2D eigenvalue weighted by Gasteiger charge is 2.10. The van der Waals surface area contributed by atoms with Gasteiger partial charge in [0.25, 0.3) is 5.56 Å². The van der Waals surface area contributed by atoms with Crippen LogP contribution in [0.15, 0.2) is 29.2 Å². The Balaban J connectivity index is 1.90. The van der Waals surface area contributed by atoms with Gasteiger partial charge in [-0.1, -0.05) is 31.9 Å². The maximum Gasteiger partial charge on any atom is 0.335 e. The quantitative estimate of drug-likeness (QED) is 0.498. The fraction of sp³-hybridized carbons (Fsp3) is 0.476. The number of benzene rings is 1. The summed E-state index contributed by atoms with van der Waals surface area (Å²) in [7, 11) is 0. The largest absolute Gasteiger partial charge is 0.493 e. The van der Waals surface area contributed by atoms with Crippen LogP contribution in [0, 0.1) is 0 Å². The van der Waals surface area contributed by atoms with Crippen molar-refractivity contribution in [2.24, 2.45) is 0 Å². The number of halogens is 1. The van der Waals surface area contributed by atoms with E-state index in [4.69, 9.17) is 16.3 Å². The summed E-state index contributed by atoms with van der Waals surface area (Å²) >= 11 is 6.14. The van der Waals surface area contributed by atoms with Crippen LogP contribution in [0.2, 0.25) is 5.02 Å². The smallest absolute Gasteiger partial charge is 0.335 e. The van der Waals surface area contributed by atoms with E-state index < -0.39 is 5.97 Å². The summed E-state index contributed by atoms with van der Waals surface area (Å²) < 4.78 is 7.22. The first kappa shape index (κ1) is 22.7. The molecule has 1 heterocycles. The van der Waals surface area contributed by atoms with Crippen LogP contribution in [0.5, 0.6) is 5.75 Å². The van der Waals surface area contributed by atoms with Crippen molar-refractivity contribution in [3.63, 3.8) is 0 Å². The van der Waals surface area contributed by atoms with Crippen LogP contribution in [0.4, 0.5) is 5.69 Å². The van der Waals surface area contributed by atoms with E-state index in [1.165, 1.54) is 4.68 Å². The second-order valence-electron chi connectivity index (χ2n) is 6.76. The van der Waals surface area contributed by atoms with Gasteiger partial charge in [-0.15, -0.1) is 0 Å². The molecule has 2 rings (SSSR count). The molecule has 8 heteroatoms. The van der Waals surface area contributed by atoms with Gasteiger partial charge in [0.15, 0.2) is 0 Å². The summed E-state index contributed by atoms with van der Waals surface area (Å²) in [5.74, 6) is -0.227. The number of hydrogen-bond donors (Lipinski definition) is 2. The molecule has 0 saturated carbocycles. The SMILES string of the molecule is CCCCc1cc(C(=O)O)ccc1OCCCNc1cnn(CCC)c(=O)c1Cl. The molecule has 0 unspecified atom stereocenters. The minimum absolute atomic E-state index is 0.139. The van der Waals surface area contributed by atoms with Gasteiger partial charge in [-0.2, -0.15) is 5.10 Å². The summed E-state index contributed by atoms with van der Waals surface area (Å²) in [6.45, 7) is 5.62. The zero-order valence-electron chi connectivity index (χ0n) is 16.9. The van der Waals surface area contributed by atoms with E-state index in [9.17, 15) is 14.7 Å². The van der Waals surface area contributed by atoms with E-state index in [2.05, 4.69) is 17.3 Å². The van der Waals surface area contributed by atoms with E-state index in [-0.39, 0.29) is 16.1 Å². The van der Waals surface area contributed by atoms with Gasteiger partial charge in [-0.3, -0.25) is 4.79 Å². The molecule has 1 aromatic carbocycles. The number of rotatable bonds is 12. The average molecular weight is 422 g/mol. The number of nitrogens with one attached hydrogen (secondary N) is 1. The van der Waals surface area contributed by atoms with E-state index in [0.29, 0.717) is 37.6 Å². The number of aromatic nitrogens is 2. The lowest BCUT2D eigenvalue weighted by molar-refractivity contribution is 0.0696. The monoisotopic (exact) mass is 421 g/mol. The number of aromatic carboxylic acids is 1. The van der Waals surface area contributed by atoms with Crippen LogP contribution in [-0.4, -0.2) is 34.0 Å². The highest BCUT2D eigenvalue weighted by Crippen LogP contribution is 2.23. The molecule has 0 fully saturated rings. The van der Waals surface area contributed by atoms with E-state index in [1.54, 1.807) is 24.4 Å². The third-order valence-corrected chi connectivity index (χ3v) is 4.79. The van der Waals surface area contributed by atoms with Gasteiger partial charge < -0.3 is 15.2 Å². The molecule has 7 nitrogen and oxygen atoms in total. The number of hydrogen-bond acceptors (Lipinski definition) is 5. The lowest BCUT2D eigenvalue weighted by Gasteiger charge is -2.13. The van der Waals surface area contributed by atoms with Crippen molar-refractivity contribution >= 4 is 23.3 Å². The Hall–Kier alpha value is -2.54. The van der Waals surface area contributed by atoms with Crippen molar-refractivity contribution in [2.75, 3.05) is 18.5 Å². The second kappa shape index (κ2) is 11.5. The molecule has 2 aromatic rings. The van der Waals surface area contributed by atoms with E-state index in [1.807, 2.05) is 6.92 Å². The molecular weight excluding hydrogens is 394 g/mol. The highest BCUT2D eigenvalue weighted by molar-refractivity contribution is 6.32. The van der Waals surface area contributed by atoms with Gasteiger partial charge in [0.1, 0.15) is 10.8 Å². The first-order valence-electron chi connectivity index (χ1n) is 9.96. The van der Waals surface area contributed by atoms with Crippen molar-refractivity contribution < 1.29 is 14.6 Å². The molecule has 0 amide bonds. The Morgan fingerprint density at radius 2 is 2.07 bits per heavy atom. The molecule has 0 saturated heterocycles. The molecule has 158 valence electrons. The van der Waals surface area contributed by atoms with Gasteiger partial charge in [0, 0.05) is 13.1 Å². The topological polar surface area (TPSA) is 93.4 Å². The van der Waals surface area contributed by atoms with Crippen LogP contribution in [0.25, 0.3) is 0 Å². The molecule has 0 atom stereocenters. The van der Waals surface area contributed by atoms with Crippen molar-refractivity contribution in [1.82, 2.24) is 9.78 Å². The predicted molar refractivity (Wildman–Crippen MR) is 114 cm³/mol. The normalized spacial score (nSPS) is 10.7. The number of aryl methyl sites for hydroxylation is 2. The third kappa shape index (κ3) is 6.49. The number of anilines is 1. The lowest BCUT2D eigenvalue weighted by atomic mass is 10.0. The Morgan fingerprint density at radius 1 is 1.28 bits per heavy atom. The molecule has 0 aliphatic heterocycles. The summed E-state index contributed by atoms with van der Waals surface area (Å²) in [5.41, 5.74) is 1.39. The number of unbranched alkanes of at least 4 members (excludes halogenated alkanes) is 1. The fourth-order valence-electron chi connectivity index (χ4n) is 2.85. The Bertz CT molecular complexity index is 883. The van der Waals surface area contributed by atoms with Crippen LogP contribution >= 0.6 is 11.6 Å². The van der Waals surface area contributed by atoms with E-state index >= 15 is 0 Å². The number of carboxylic acids is 1. The summed E-state index contributed by atoms with van der Waals surface area (Å²) in [5, 5.41) is 16.6. The van der Waals surface area contributed by atoms with Crippen LogP contribution < -0.4 is 15.6 Å². The van der Waals surface area contributed by atoms with Crippen LogP contribution in [0.3, 0.4) is 0 Å². The molecule has 0 radical (unpaired) electrons.